The molecular formula is C16H17F2NO2. The summed E-state index contributed by atoms with van der Waals surface area (Å²) in [4.78, 5) is 0. The van der Waals surface area contributed by atoms with Crippen molar-refractivity contribution >= 4 is 0 Å². The molecule has 2 N–H and O–H groups in total. The SMILES string of the molecule is COc1ccc(C(Oc2cccc(F)c2F)C(C)N)cc1. The summed E-state index contributed by atoms with van der Waals surface area (Å²) in [5.74, 6) is -1.44. The highest BCUT2D eigenvalue weighted by molar-refractivity contribution is 5.31. The lowest BCUT2D eigenvalue weighted by molar-refractivity contribution is 0.170. The maximum Gasteiger partial charge on any atom is 0.200 e. The van der Waals surface area contributed by atoms with Crippen LogP contribution in [-0.2, 0) is 0 Å². The standard InChI is InChI=1S/C16H17F2NO2/c1-10(19)16(11-6-8-12(20-2)9-7-11)21-14-5-3-4-13(17)15(14)18/h3-10,16H,19H2,1-2H3. The van der Waals surface area contributed by atoms with Gasteiger partial charge in [-0.1, -0.05) is 18.2 Å². The highest BCUT2D eigenvalue weighted by Crippen LogP contribution is 2.28. The van der Waals surface area contributed by atoms with E-state index < -0.39 is 23.8 Å². The minimum Gasteiger partial charge on any atom is -0.497 e. The van der Waals surface area contributed by atoms with Crippen LogP contribution in [0.1, 0.15) is 18.6 Å². The number of ether oxygens (including phenoxy) is 2. The Hall–Kier alpha value is -2.14. The fourth-order valence-corrected chi connectivity index (χ4v) is 1.98. The second kappa shape index (κ2) is 6.54. The molecule has 0 spiro atoms. The largest absolute Gasteiger partial charge is 0.497 e. The topological polar surface area (TPSA) is 44.5 Å². The van der Waals surface area contributed by atoms with Gasteiger partial charge in [0, 0.05) is 6.04 Å². The monoisotopic (exact) mass is 293 g/mol. The van der Waals surface area contributed by atoms with Crippen molar-refractivity contribution in [1.82, 2.24) is 0 Å². The van der Waals surface area contributed by atoms with Crippen molar-refractivity contribution in [3.63, 3.8) is 0 Å². The van der Waals surface area contributed by atoms with Crippen molar-refractivity contribution in [2.75, 3.05) is 7.11 Å². The second-order valence-electron chi connectivity index (χ2n) is 4.72. The molecule has 3 nitrogen and oxygen atoms in total. The van der Waals surface area contributed by atoms with Crippen LogP contribution in [-0.4, -0.2) is 13.2 Å². The zero-order chi connectivity index (χ0) is 15.4. The molecule has 0 fully saturated rings. The minimum atomic E-state index is -1.02. The van der Waals surface area contributed by atoms with Gasteiger partial charge >= 0.3 is 0 Å². The van der Waals surface area contributed by atoms with Crippen molar-refractivity contribution in [2.45, 2.75) is 19.1 Å². The van der Waals surface area contributed by atoms with E-state index in [4.69, 9.17) is 15.2 Å². The molecule has 0 heterocycles. The summed E-state index contributed by atoms with van der Waals surface area (Å²) in [7, 11) is 1.57. The average Bonchev–Trinajstić information content (AvgIpc) is 2.48. The lowest BCUT2D eigenvalue weighted by atomic mass is 10.0. The summed E-state index contributed by atoms with van der Waals surface area (Å²) in [5, 5.41) is 0. The maximum atomic E-state index is 13.7. The van der Waals surface area contributed by atoms with Crippen LogP contribution in [0, 0.1) is 11.6 Å². The van der Waals surface area contributed by atoms with Crippen LogP contribution < -0.4 is 15.2 Å². The Balaban J connectivity index is 2.28. The van der Waals surface area contributed by atoms with Crippen molar-refractivity contribution in [3.05, 3.63) is 59.7 Å². The van der Waals surface area contributed by atoms with E-state index in [0.29, 0.717) is 5.75 Å². The fraction of sp³-hybridized carbons (Fsp3) is 0.250. The van der Waals surface area contributed by atoms with E-state index in [0.717, 1.165) is 11.6 Å². The van der Waals surface area contributed by atoms with Gasteiger partial charge in [0.05, 0.1) is 7.11 Å². The van der Waals surface area contributed by atoms with E-state index in [1.165, 1.54) is 12.1 Å². The molecule has 0 bridgehead atoms. The number of hydrogen-bond donors (Lipinski definition) is 1. The predicted octanol–water partition coefficient (Wildman–Crippen LogP) is 3.44. The Kier molecular flexibility index (Phi) is 4.75. The zero-order valence-electron chi connectivity index (χ0n) is 11.8. The third-order valence-electron chi connectivity index (χ3n) is 3.09. The van der Waals surface area contributed by atoms with Crippen molar-refractivity contribution in [3.8, 4) is 11.5 Å². The first-order valence-corrected chi connectivity index (χ1v) is 6.53. The van der Waals surface area contributed by atoms with Crippen LogP contribution in [0.4, 0.5) is 8.78 Å². The molecule has 0 aliphatic rings. The van der Waals surface area contributed by atoms with Gasteiger partial charge in [-0.15, -0.1) is 0 Å². The number of methoxy groups -OCH3 is 1. The van der Waals surface area contributed by atoms with Crippen LogP contribution in [0.15, 0.2) is 42.5 Å². The van der Waals surface area contributed by atoms with Crippen LogP contribution in [0.5, 0.6) is 11.5 Å². The molecule has 112 valence electrons. The number of benzene rings is 2. The summed E-state index contributed by atoms with van der Waals surface area (Å²) in [6.07, 6.45) is -0.591. The number of rotatable bonds is 5. The molecule has 0 saturated carbocycles. The molecule has 0 aliphatic carbocycles. The van der Waals surface area contributed by atoms with Gasteiger partial charge in [0.15, 0.2) is 11.6 Å². The number of hydrogen-bond acceptors (Lipinski definition) is 3. The van der Waals surface area contributed by atoms with E-state index in [-0.39, 0.29) is 5.75 Å². The van der Waals surface area contributed by atoms with Gasteiger partial charge in [0.2, 0.25) is 5.82 Å². The number of nitrogens with two attached hydrogens (primary N) is 1. The molecule has 2 rings (SSSR count). The molecule has 0 amide bonds. The minimum absolute atomic E-state index is 0.159. The lowest BCUT2D eigenvalue weighted by Crippen LogP contribution is -2.29. The van der Waals surface area contributed by atoms with Gasteiger partial charge in [0.1, 0.15) is 11.9 Å². The highest BCUT2D eigenvalue weighted by atomic mass is 19.2. The van der Waals surface area contributed by atoms with E-state index in [1.54, 1.807) is 38.3 Å². The summed E-state index contributed by atoms with van der Waals surface area (Å²) in [6.45, 7) is 1.74. The zero-order valence-corrected chi connectivity index (χ0v) is 11.8. The van der Waals surface area contributed by atoms with E-state index in [2.05, 4.69) is 0 Å². The smallest absolute Gasteiger partial charge is 0.200 e. The molecule has 2 aromatic carbocycles. The fourth-order valence-electron chi connectivity index (χ4n) is 1.98. The second-order valence-corrected chi connectivity index (χ2v) is 4.72. The predicted molar refractivity (Wildman–Crippen MR) is 76.4 cm³/mol. The van der Waals surface area contributed by atoms with Crippen molar-refractivity contribution in [2.24, 2.45) is 5.73 Å². The molecule has 0 saturated heterocycles. The molecule has 21 heavy (non-hydrogen) atoms. The highest BCUT2D eigenvalue weighted by Gasteiger charge is 2.21. The van der Waals surface area contributed by atoms with E-state index in [1.807, 2.05) is 0 Å². The van der Waals surface area contributed by atoms with Crippen LogP contribution in [0.2, 0.25) is 0 Å². The molecule has 0 aromatic heterocycles. The maximum absolute atomic E-state index is 13.7. The first-order valence-electron chi connectivity index (χ1n) is 6.53. The van der Waals surface area contributed by atoms with E-state index >= 15 is 0 Å². The van der Waals surface area contributed by atoms with Gasteiger partial charge in [-0.3, -0.25) is 0 Å². The Morgan fingerprint density at radius 1 is 1.05 bits per heavy atom. The summed E-state index contributed by atoms with van der Waals surface area (Å²) >= 11 is 0. The molecule has 0 aliphatic heterocycles. The summed E-state index contributed by atoms with van der Waals surface area (Å²) in [6, 6.07) is 10.5. The first-order chi connectivity index (χ1) is 10.0. The van der Waals surface area contributed by atoms with Crippen LogP contribution >= 0.6 is 0 Å². The Bertz CT molecular complexity index is 600. The van der Waals surface area contributed by atoms with Gasteiger partial charge in [-0.05, 0) is 36.8 Å². The van der Waals surface area contributed by atoms with Gasteiger partial charge in [0.25, 0.3) is 0 Å². The summed E-state index contributed by atoms with van der Waals surface area (Å²) in [5.41, 5.74) is 6.66. The van der Waals surface area contributed by atoms with Crippen molar-refractivity contribution in [1.29, 1.82) is 0 Å². The van der Waals surface area contributed by atoms with Gasteiger partial charge < -0.3 is 15.2 Å². The molecule has 0 radical (unpaired) electrons. The summed E-state index contributed by atoms with van der Waals surface area (Å²) < 4.78 is 37.6. The Morgan fingerprint density at radius 3 is 2.29 bits per heavy atom. The van der Waals surface area contributed by atoms with Crippen LogP contribution in [0.3, 0.4) is 0 Å². The normalized spacial score (nSPS) is 13.6. The molecule has 2 unspecified atom stereocenters. The first kappa shape index (κ1) is 15.3. The third kappa shape index (κ3) is 3.49. The third-order valence-corrected chi connectivity index (χ3v) is 3.09. The van der Waals surface area contributed by atoms with Crippen molar-refractivity contribution < 1.29 is 18.3 Å². The molecule has 2 atom stereocenters. The van der Waals surface area contributed by atoms with E-state index in [9.17, 15) is 8.78 Å². The molecule has 2 aromatic rings. The quantitative estimate of drug-likeness (QED) is 0.918. The van der Waals surface area contributed by atoms with Crippen LogP contribution in [0.25, 0.3) is 0 Å². The molecular weight excluding hydrogens is 276 g/mol. The van der Waals surface area contributed by atoms with Gasteiger partial charge in [-0.2, -0.15) is 4.39 Å². The average molecular weight is 293 g/mol. The number of halogens is 2. The Morgan fingerprint density at radius 2 is 1.71 bits per heavy atom. The molecule has 5 heteroatoms. The Labute approximate surface area is 122 Å². The lowest BCUT2D eigenvalue weighted by Gasteiger charge is -2.23. The van der Waals surface area contributed by atoms with Gasteiger partial charge in [-0.25, -0.2) is 4.39 Å².